The molecule has 0 saturated carbocycles. The number of nitrogens with two attached hydrogens (primary N) is 1. The summed E-state index contributed by atoms with van der Waals surface area (Å²) in [5.74, 6) is 0.0783. The van der Waals surface area contributed by atoms with Gasteiger partial charge < -0.3 is 10.3 Å². The van der Waals surface area contributed by atoms with Crippen molar-refractivity contribution in [3.63, 3.8) is 0 Å². The molecule has 3 rings (SSSR count). The van der Waals surface area contributed by atoms with Crippen molar-refractivity contribution in [3.8, 4) is 0 Å². The first kappa shape index (κ1) is 12.2. The number of allylic oxidation sites excluding steroid dienone is 1. The molecule has 0 saturated heterocycles. The van der Waals surface area contributed by atoms with E-state index in [1.165, 1.54) is 0 Å². The van der Waals surface area contributed by atoms with Crippen LogP contribution in [0.3, 0.4) is 0 Å². The maximum absolute atomic E-state index is 11.7. The van der Waals surface area contributed by atoms with E-state index in [0.29, 0.717) is 12.2 Å². The lowest BCUT2D eigenvalue weighted by Crippen LogP contribution is -2.12. The molecule has 2 heterocycles. The summed E-state index contributed by atoms with van der Waals surface area (Å²) in [7, 11) is 0. The number of nitrogens with zero attached hydrogens (tertiary/aromatic N) is 3. The summed E-state index contributed by atoms with van der Waals surface area (Å²) in [6.07, 6.45) is 1.57. The van der Waals surface area contributed by atoms with Gasteiger partial charge in [-0.1, -0.05) is 36.9 Å². The number of H-pyrrole nitrogens is 1. The Labute approximate surface area is 114 Å². The number of imidazole rings is 1. The Kier molecular flexibility index (Phi) is 2.83. The molecule has 3 aromatic rings. The maximum atomic E-state index is 11.7. The number of anilines is 1. The standard InChI is InChI=1S/C14H13N5O/c1-9(10-5-3-2-4-6-10)7-19-8-16-11-12(19)17-14(15)18-13(11)20/h2-6,8H,1,7H2,(H3,15,17,18,20). The number of rotatable bonds is 3. The van der Waals surface area contributed by atoms with Crippen LogP contribution in [0.1, 0.15) is 5.56 Å². The largest absolute Gasteiger partial charge is 0.369 e. The highest BCUT2D eigenvalue weighted by molar-refractivity contribution is 5.72. The second-order valence-electron chi connectivity index (χ2n) is 4.47. The zero-order chi connectivity index (χ0) is 14.1. The number of nitrogen functional groups attached to an aromatic ring is 1. The zero-order valence-electron chi connectivity index (χ0n) is 10.7. The number of hydrogen-bond acceptors (Lipinski definition) is 4. The smallest absolute Gasteiger partial charge is 0.280 e. The van der Waals surface area contributed by atoms with Gasteiger partial charge in [0.2, 0.25) is 5.95 Å². The molecule has 2 aromatic heterocycles. The Balaban J connectivity index is 2.00. The van der Waals surface area contributed by atoms with Crippen LogP contribution in [-0.2, 0) is 6.54 Å². The summed E-state index contributed by atoms with van der Waals surface area (Å²) in [6, 6.07) is 9.82. The van der Waals surface area contributed by atoms with Crippen LogP contribution in [0.15, 0.2) is 48.0 Å². The molecule has 6 heteroatoms. The van der Waals surface area contributed by atoms with Gasteiger partial charge in [0.15, 0.2) is 11.2 Å². The number of fused-ring (bicyclic) bond motifs is 1. The van der Waals surface area contributed by atoms with E-state index in [9.17, 15) is 4.79 Å². The van der Waals surface area contributed by atoms with Gasteiger partial charge in [0.05, 0.1) is 12.9 Å². The Morgan fingerprint density at radius 1 is 1.35 bits per heavy atom. The van der Waals surface area contributed by atoms with Gasteiger partial charge in [-0.05, 0) is 11.1 Å². The topological polar surface area (TPSA) is 89.6 Å². The monoisotopic (exact) mass is 267 g/mol. The third-order valence-corrected chi connectivity index (χ3v) is 3.04. The van der Waals surface area contributed by atoms with Crippen LogP contribution < -0.4 is 11.3 Å². The Hall–Kier alpha value is -2.89. The van der Waals surface area contributed by atoms with Crippen molar-refractivity contribution in [2.75, 3.05) is 5.73 Å². The molecular formula is C14H13N5O. The van der Waals surface area contributed by atoms with Crippen molar-refractivity contribution in [3.05, 3.63) is 59.2 Å². The summed E-state index contributed by atoms with van der Waals surface area (Å²) in [6.45, 7) is 4.55. The van der Waals surface area contributed by atoms with Crippen molar-refractivity contribution < 1.29 is 0 Å². The van der Waals surface area contributed by atoms with Crippen LogP contribution in [0.5, 0.6) is 0 Å². The van der Waals surface area contributed by atoms with Crippen molar-refractivity contribution in [1.29, 1.82) is 0 Å². The minimum absolute atomic E-state index is 0.0783. The van der Waals surface area contributed by atoms with Crippen molar-refractivity contribution >= 4 is 22.7 Å². The summed E-state index contributed by atoms with van der Waals surface area (Å²) >= 11 is 0. The van der Waals surface area contributed by atoms with E-state index in [-0.39, 0.29) is 17.0 Å². The van der Waals surface area contributed by atoms with Gasteiger partial charge in [-0.2, -0.15) is 4.98 Å². The SMILES string of the molecule is C=C(Cn1cnc2c(=O)[nH]c(N)nc21)c1ccccc1. The van der Waals surface area contributed by atoms with Gasteiger partial charge in [0.25, 0.3) is 5.56 Å². The fourth-order valence-corrected chi connectivity index (χ4v) is 2.06. The Bertz CT molecular complexity index is 832. The van der Waals surface area contributed by atoms with Crippen LogP contribution >= 0.6 is 0 Å². The molecule has 3 N–H and O–H groups in total. The Morgan fingerprint density at radius 2 is 2.10 bits per heavy atom. The zero-order valence-corrected chi connectivity index (χ0v) is 10.7. The van der Waals surface area contributed by atoms with Crippen molar-refractivity contribution in [2.24, 2.45) is 0 Å². The molecule has 20 heavy (non-hydrogen) atoms. The van der Waals surface area contributed by atoms with Crippen LogP contribution in [0, 0.1) is 0 Å². The second kappa shape index (κ2) is 4.65. The second-order valence-corrected chi connectivity index (χ2v) is 4.47. The fraction of sp³-hybridized carbons (Fsp3) is 0.0714. The predicted molar refractivity (Wildman–Crippen MR) is 78.0 cm³/mol. The third kappa shape index (κ3) is 2.07. The predicted octanol–water partition coefficient (Wildman–Crippen LogP) is 1.42. The molecule has 100 valence electrons. The molecule has 0 radical (unpaired) electrons. The molecule has 1 aromatic carbocycles. The van der Waals surface area contributed by atoms with Gasteiger partial charge in [0, 0.05) is 0 Å². The van der Waals surface area contributed by atoms with Gasteiger partial charge >= 0.3 is 0 Å². The van der Waals surface area contributed by atoms with E-state index >= 15 is 0 Å². The van der Waals surface area contributed by atoms with Crippen LogP contribution in [-0.4, -0.2) is 19.5 Å². The molecular weight excluding hydrogens is 254 g/mol. The quantitative estimate of drug-likeness (QED) is 0.751. The summed E-state index contributed by atoms with van der Waals surface area (Å²) in [5.41, 5.74) is 7.91. The Morgan fingerprint density at radius 3 is 2.85 bits per heavy atom. The first-order valence-electron chi connectivity index (χ1n) is 6.09. The minimum Gasteiger partial charge on any atom is -0.369 e. The van der Waals surface area contributed by atoms with Crippen molar-refractivity contribution in [1.82, 2.24) is 19.5 Å². The highest BCUT2D eigenvalue weighted by Crippen LogP contribution is 2.16. The summed E-state index contributed by atoms with van der Waals surface area (Å²) in [5, 5.41) is 0. The molecule has 0 aliphatic rings. The molecule has 0 unspecified atom stereocenters. The fourth-order valence-electron chi connectivity index (χ4n) is 2.06. The van der Waals surface area contributed by atoms with E-state index in [1.54, 1.807) is 10.9 Å². The number of aromatic nitrogens is 4. The highest BCUT2D eigenvalue weighted by Gasteiger charge is 2.10. The summed E-state index contributed by atoms with van der Waals surface area (Å²) in [4.78, 5) is 22.3. The van der Waals surface area contributed by atoms with Gasteiger partial charge in [-0.15, -0.1) is 0 Å². The normalized spacial score (nSPS) is 10.8. The highest BCUT2D eigenvalue weighted by atomic mass is 16.1. The average Bonchev–Trinajstić information content (AvgIpc) is 2.83. The molecule has 6 nitrogen and oxygen atoms in total. The van der Waals surface area contributed by atoms with Crippen LogP contribution in [0.25, 0.3) is 16.7 Å². The molecule has 0 amide bonds. The van der Waals surface area contributed by atoms with Gasteiger partial charge in [0.1, 0.15) is 0 Å². The molecule has 0 bridgehead atoms. The molecule has 0 aliphatic carbocycles. The third-order valence-electron chi connectivity index (χ3n) is 3.04. The molecule has 0 atom stereocenters. The first-order valence-corrected chi connectivity index (χ1v) is 6.09. The van der Waals surface area contributed by atoms with Crippen LogP contribution in [0.4, 0.5) is 5.95 Å². The van der Waals surface area contributed by atoms with E-state index in [4.69, 9.17) is 5.73 Å². The van der Waals surface area contributed by atoms with Gasteiger partial charge in [-0.3, -0.25) is 9.78 Å². The molecule has 0 aliphatic heterocycles. The maximum Gasteiger partial charge on any atom is 0.280 e. The van der Waals surface area contributed by atoms with E-state index in [0.717, 1.165) is 11.1 Å². The molecule has 0 spiro atoms. The first-order chi connectivity index (χ1) is 9.65. The minimum atomic E-state index is -0.337. The van der Waals surface area contributed by atoms with Gasteiger partial charge in [-0.25, -0.2) is 4.98 Å². The van der Waals surface area contributed by atoms with E-state index < -0.39 is 0 Å². The lowest BCUT2D eigenvalue weighted by atomic mass is 10.1. The average molecular weight is 267 g/mol. The van der Waals surface area contributed by atoms with E-state index in [2.05, 4.69) is 21.5 Å². The van der Waals surface area contributed by atoms with E-state index in [1.807, 2.05) is 30.3 Å². The number of nitrogens with one attached hydrogen (secondary N) is 1. The van der Waals surface area contributed by atoms with Crippen molar-refractivity contribution in [2.45, 2.75) is 6.54 Å². The number of benzene rings is 1. The number of hydrogen-bond donors (Lipinski definition) is 2. The lowest BCUT2D eigenvalue weighted by Gasteiger charge is -2.07. The summed E-state index contributed by atoms with van der Waals surface area (Å²) < 4.78 is 1.76. The lowest BCUT2D eigenvalue weighted by molar-refractivity contribution is 0.852. The van der Waals surface area contributed by atoms with Crippen LogP contribution in [0.2, 0.25) is 0 Å². The molecule has 0 fully saturated rings. The number of aromatic amines is 1.